The van der Waals surface area contributed by atoms with Gasteiger partial charge >= 0.3 is 0 Å². The van der Waals surface area contributed by atoms with Crippen LogP contribution in [-0.4, -0.2) is 16.5 Å². The first-order valence-electron chi connectivity index (χ1n) is 4.83. The summed E-state index contributed by atoms with van der Waals surface area (Å²) in [6.07, 6.45) is 3.70. The first-order chi connectivity index (χ1) is 7.02. The Morgan fingerprint density at radius 2 is 2.13 bits per heavy atom. The van der Waals surface area contributed by atoms with Crippen molar-refractivity contribution in [1.29, 1.82) is 0 Å². The monoisotopic (exact) mass is 205 g/mol. The second kappa shape index (κ2) is 3.24. The van der Waals surface area contributed by atoms with Gasteiger partial charge in [0.05, 0.1) is 30.6 Å². The van der Waals surface area contributed by atoms with Crippen molar-refractivity contribution in [2.45, 2.75) is 19.4 Å². The molecule has 2 N–H and O–H groups in total. The van der Waals surface area contributed by atoms with Crippen molar-refractivity contribution in [3.63, 3.8) is 0 Å². The second-order valence-electron chi connectivity index (χ2n) is 4.17. The standard InChI is InChI=1S/C11H15N3O/c1-11(2,12)10-13-6-8-4-5-9(15-3)7-14(8)10/h4-7H,12H2,1-3H3. The minimum atomic E-state index is -0.460. The van der Waals surface area contributed by atoms with Gasteiger partial charge in [0.25, 0.3) is 0 Å². The summed E-state index contributed by atoms with van der Waals surface area (Å²) in [5, 5.41) is 0. The van der Waals surface area contributed by atoms with Crippen LogP contribution >= 0.6 is 0 Å². The summed E-state index contributed by atoms with van der Waals surface area (Å²) in [7, 11) is 1.64. The van der Waals surface area contributed by atoms with Crippen LogP contribution in [0.25, 0.3) is 5.52 Å². The molecule has 0 aliphatic rings. The Hall–Kier alpha value is -1.55. The van der Waals surface area contributed by atoms with Gasteiger partial charge in [-0.15, -0.1) is 0 Å². The number of imidazole rings is 1. The van der Waals surface area contributed by atoms with Crippen LogP contribution in [0.5, 0.6) is 5.75 Å². The molecular formula is C11H15N3O. The SMILES string of the molecule is COc1ccc2cnc(C(C)(C)N)n2c1. The molecule has 0 bridgehead atoms. The van der Waals surface area contributed by atoms with E-state index in [9.17, 15) is 0 Å². The molecule has 2 aromatic rings. The molecule has 15 heavy (non-hydrogen) atoms. The van der Waals surface area contributed by atoms with Gasteiger partial charge in [-0.25, -0.2) is 4.98 Å². The molecule has 0 aromatic carbocycles. The molecule has 0 spiro atoms. The van der Waals surface area contributed by atoms with Crippen molar-refractivity contribution < 1.29 is 4.74 Å². The van der Waals surface area contributed by atoms with Gasteiger partial charge in [-0.1, -0.05) is 0 Å². The quantitative estimate of drug-likeness (QED) is 0.809. The number of fused-ring (bicyclic) bond motifs is 1. The highest BCUT2D eigenvalue weighted by atomic mass is 16.5. The third kappa shape index (κ3) is 1.68. The fraction of sp³-hybridized carbons (Fsp3) is 0.364. The minimum Gasteiger partial charge on any atom is -0.495 e. The first kappa shape index (κ1) is 9.98. The normalized spacial score (nSPS) is 12.0. The van der Waals surface area contributed by atoms with Gasteiger partial charge in [0, 0.05) is 0 Å². The lowest BCUT2D eigenvalue weighted by Crippen LogP contribution is -2.31. The third-order valence-electron chi connectivity index (χ3n) is 2.31. The molecular weight excluding hydrogens is 190 g/mol. The van der Waals surface area contributed by atoms with E-state index in [2.05, 4.69) is 4.98 Å². The maximum atomic E-state index is 6.03. The second-order valence-corrected chi connectivity index (χ2v) is 4.17. The van der Waals surface area contributed by atoms with Crippen LogP contribution in [0, 0.1) is 0 Å². The van der Waals surface area contributed by atoms with Gasteiger partial charge in [-0.05, 0) is 26.0 Å². The summed E-state index contributed by atoms with van der Waals surface area (Å²) in [6.45, 7) is 3.86. The molecule has 0 aliphatic heterocycles. The van der Waals surface area contributed by atoms with Gasteiger partial charge in [0.1, 0.15) is 11.6 Å². The molecule has 0 saturated heterocycles. The smallest absolute Gasteiger partial charge is 0.135 e. The van der Waals surface area contributed by atoms with Crippen LogP contribution in [0.1, 0.15) is 19.7 Å². The van der Waals surface area contributed by atoms with Crippen LogP contribution in [0.4, 0.5) is 0 Å². The number of nitrogens with zero attached hydrogens (tertiary/aromatic N) is 2. The number of methoxy groups -OCH3 is 1. The highest BCUT2D eigenvalue weighted by molar-refractivity contribution is 5.49. The van der Waals surface area contributed by atoms with E-state index < -0.39 is 5.54 Å². The van der Waals surface area contributed by atoms with E-state index in [4.69, 9.17) is 10.5 Å². The third-order valence-corrected chi connectivity index (χ3v) is 2.31. The summed E-state index contributed by atoms with van der Waals surface area (Å²) in [5.74, 6) is 1.63. The Bertz CT molecular complexity index is 482. The van der Waals surface area contributed by atoms with E-state index in [1.807, 2.05) is 42.8 Å². The molecule has 80 valence electrons. The molecule has 2 rings (SSSR count). The van der Waals surface area contributed by atoms with E-state index in [1.165, 1.54) is 0 Å². The van der Waals surface area contributed by atoms with Crippen molar-refractivity contribution in [2.24, 2.45) is 5.73 Å². The lowest BCUT2D eigenvalue weighted by molar-refractivity contribution is 0.411. The number of aromatic nitrogens is 2. The average Bonchev–Trinajstić information content (AvgIpc) is 2.59. The van der Waals surface area contributed by atoms with E-state index in [0.29, 0.717) is 0 Å². The average molecular weight is 205 g/mol. The van der Waals surface area contributed by atoms with Crippen molar-refractivity contribution in [3.05, 3.63) is 30.4 Å². The van der Waals surface area contributed by atoms with Crippen molar-refractivity contribution in [3.8, 4) is 5.75 Å². The molecule has 0 aliphatic carbocycles. The lowest BCUT2D eigenvalue weighted by Gasteiger charge is -2.17. The zero-order valence-corrected chi connectivity index (χ0v) is 9.19. The highest BCUT2D eigenvalue weighted by Gasteiger charge is 2.20. The maximum absolute atomic E-state index is 6.03. The van der Waals surface area contributed by atoms with Gasteiger partial charge in [-0.3, -0.25) is 4.40 Å². The van der Waals surface area contributed by atoms with E-state index >= 15 is 0 Å². The van der Waals surface area contributed by atoms with Gasteiger partial charge in [-0.2, -0.15) is 0 Å². The number of hydrogen-bond acceptors (Lipinski definition) is 3. The van der Waals surface area contributed by atoms with E-state index in [0.717, 1.165) is 17.1 Å². The van der Waals surface area contributed by atoms with Crippen LogP contribution in [0.3, 0.4) is 0 Å². The Balaban J connectivity index is 2.67. The van der Waals surface area contributed by atoms with E-state index in [1.54, 1.807) is 7.11 Å². The number of rotatable bonds is 2. The summed E-state index contributed by atoms with van der Waals surface area (Å²) in [5.41, 5.74) is 6.59. The zero-order valence-electron chi connectivity index (χ0n) is 9.19. The summed E-state index contributed by atoms with van der Waals surface area (Å²) in [6, 6.07) is 3.87. The Morgan fingerprint density at radius 3 is 2.73 bits per heavy atom. The van der Waals surface area contributed by atoms with Gasteiger partial charge in [0.2, 0.25) is 0 Å². The lowest BCUT2D eigenvalue weighted by atomic mass is 10.1. The molecule has 0 atom stereocenters. The topological polar surface area (TPSA) is 52.5 Å². The predicted octanol–water partition coefficient (Wildman–Crippen LogP) is 1.54. The Kier molecular flexibility index (Phi) is 2.16. The van der Waals surface area contributed by atoms with Crippen LogP contribution in [0.2, 0.25) is 0 Å². The molecule has 0 amide bonds. The summed E-state index contributed by atoms with van der Waals surface area (Å²) >= 11 is 0. The molecule has 0 unspecified atom stereocenters. The molecule has 4 nitrogen and oxygen atoms in total. The fourth-order valence-corrected chi connectivity index (χ4v) is 1.57. The van der Waals surface area contributed by atoms with Crippen LogP contribution in [0.15, 0.2) is 24.5 Å². The Labute approximate surface area is 88.7 Å². The van der Waals surface area contributed by atoms with Crippen molar-refractivity contribution in [2.75, 3.05) is 7.11 Å². The van der Waals surface area contributed by atoms with E-state index in [-0.39, 0.29) is 0 Å². The molecule has 0 radical (unpaired) electrons. The largest absolute Gasteiger partial charge is 0.495 e. The first-order valence-corrected chi connectivity index (χ1v) is 4.83. The van der Waals surface area contributed by atoms with Gasteiger partial charge < -0.3 is 10.5 Å². The molecule has 2 heterocycles. The van der Waals surface area contributed by atoms with Crippen LogP contribution in [-0.2, 0) is 5.54 Å². The maximum Gasteiger partial charge on any atom is 0.135 e. The fourth-order valence-electron chi connectivity index (χ4n) is 1.57. The molecule has 0 fully saturated rings. The minimum absolute atomic E-state index is 0.460. The Morgan fingerprint density at radius 1 is 1.40 bits per heavy atom. The zero-order chi connectivity index (χ0) is 11.1. The molecule has 0 saturated carbocycles. The molecule has 2 aromatic heterocycles. The van der Waals surface area contributed by atoms with Gasteiger partial charge in [0.15, 0.2) is 0 Å². The number of ether oxygens (including phenoxy) is 1. The van der Waals surface area contributed by atoms with Crippen molar-refractivity contribution in [1.82, 2.24) is 9.38 Å². The number of pyridine rings is 1. The molecule has 4 heteroatoms. The summed E-state index contributed by atoms with van der Waals surface area (Å²) < 4.78 is 7.13. The summed E-state index contributed by atoms with van der Waals surface area (Å²) in [4.78, 5) is 4.32. The van der Waals surface area contributed by atoms with Crippen molar-refractivity contribution >= 4 is 5.52 Å². The highest BCUT2D eigenvalue weighted by Crippen LogP contribution is 2.20. The number of hydrogen-bond donors (Lipinski definition) is 1. The predicted molar refractivity (Wildman–Crippen MR) is 59.0 cm³/mol. The number of nitrogens with two attached hydrogens (primary N) is 1. The van der Waals surface area contributed by atoms with Crippen LogP contribution < -0.4 is 10.5 Å².